The number of carbonyl (C=O) groups excluding carboxylic acids is 2. The molecule has 8 nitrogen and oxygen atoms in total. The van der Waals surface area contributed by atoms with Gasteiger partial charge in [-0.05, 0) is 30.7 Å². The number of aromatic nitrogens is 2. The van der Waals surface area contributed by atoms with Crippen LogP contribution in [0.15, 0.2) is 59.0 Å². The van der Waals surface area contributed by atoms with E-state index in [9.17, 15) is 9.59 Å². The minimum absolute atomic E-state index is 0.0777. The van der Waals surface area contributed by atoms with Gasteiger partial charge in [-0.3, -0.25) is 10.1 Å². The molecule has 1 heterocycles. The number of hydrogen-bond donors (Lipinski definition) is 1. The zero-order chi connectivity index (χ0) is 19.1. The van der Waals surface area contributed by atoms with Crippen molar-refractivity contribution in [3.63, 3.8) is 0 Å². The topological polar surface area (TPSA) is 104 Å². The van der Waals surface area contributed by atoms with Gasteiger partial charge in [0.05, 0.1) is 0 Å². The van der Waals surface area contributed by atoms with E-state index in [4.69, 9.17) is 13.9 Å². The average Bonchev–Trinajstić information content (AvgIpc) is 3.15. The van der Waals surface area contributed by atoms with Crippen LogP contribution in [0.3, 0.4) is 0 Å². The van der Waals surface area contributed by atoms with Gasteiger partial charge in [0.25, 0.3) is 5.91 Å². The first-order chi connectivity index (χ1) is 13.1. The molecule has 1 amide bonds. The Morgan fingerprint density at radius 2 is 1.74 bits per heavy atom. The molecule has 1 aromatic heterocycles. The van der Waals surface area contributed by atoms with Crippen LogP contribution < -0.4 is 10.1 Å². The van der Waals surface area contributed by atoms with Crippen molar-refractivity contribution in [1.82, 2.24) is 10.2 Å². The quantitative estimate of drug-likeness (QED) is 0.640. The Morgan fingerprint density at radius 3 is 2.52 bits per heavy atom. The summed E-state index contributed by atoms with van der Waals surface area (Å²) < 4.78 is 15.6. The van der Waals surface area contributed by atoms with Crippen LogP contribution in [0, 0.1) is 6.92 Å². The Hall–Kier alpha value is -3.68. The number of carbonyl (C=O) groups is 2. The van der Waals surface area contributed by atoms with Crippen LogP contribution in [0.2, 0.25) is 0 Å². The van der Waals surface area contributed by atoms with Gasteiger partial charge in [0, 0.05) is 5.56 Å². The maximum absolute atomic E-state index is 11.8. The molecule has 138 valence electrons. The fourth-order valence-corrected chi connectivity index (χ4v) is 2.17. The fraction of sp³-hybridized carbons (Fsp3) is 0.158. The first-order valence-corrected chi connectivity index (χ1v) is 8.14. The molecule has 0 aliphatic rings. The number of para-hydroxylation sites is 1. The van der Waals surface area contributed by atoms with Crippen molar-refractivity contribution in [3.05, 3.63) is 60.2 Å². The van der Waals surface area contributed by atoms with Crippen LogP contribution in [-0.4, -0.2) is 35.3 Å². The Bertz CT molecular complexity index is 924. The summed E-state index contributed by atoms with van der Waals surface area (Å²) in [5.74, 6) is -0.404. The number of aryl methyl sites for hydroxylation is 1. The maximum atomic E-state index is 11.8. The summed E-state index contributed by atoms with van der Waals surface area (Å²) in [6.07, 6.45) is 0. The van der Waals surface area contributed by atoms with Gasteiger partial charge in [-0.15, -0.1) is 5.10 Å². The smallest absolute Gasteiger partial charge is 0.344 e. The SMILES string of the molecule is Cc1ccccc1OCC(=O)OCC(=O)Nc1nnc(-c2ccccc2)o1. The molecule has 0 aliphatic carbocycles. The number of rotatable bonds is 7. The van der Waals surface area contributed by atoms with Gasteiger partial charge in [-0.25, -0.2) is 4.79 Å². The van der Waals surface area contributed by atoms with Crippen LogP contribution in [0.5, 0.6) is 5.75 Å². The molecule has 0 saturated heterocycles. The minimum Gasteiger partial charge on any atom is -0.482 e. The number of ether oxygens (including phenoxy) is 2. The lowest BCUT2D eigenvalue weighted by Gasteiger charge is -2.08. The number of benzene rings is 2. The molecule has 1 N–H and O–H groups in total. The van der Waals surface area contributed by atoms with Gasteiger partial charge < -0.3 is 13.9 Å². The Balaban J connectivity index is 1.44. The summed E-state index contributed by atoms with van der Waals surface area (Å²) in [6.45, 7) is 1.08. The molecule has 27 heavy (non-hydrogen) atoms. The van der Waals surface area contributed by atoms with Gasteiger partial charge in [-0.1, -0.05) is 41.5 Å². The molecule has 0 bridgehead atoms. The van der Waals surface area contributed by atoms with Crippen molar-refractivity contribution in [2.45, 2.75) is 6.92 Å². The fourth-order valence-electron chi connectivity index (χ4n) is 2.17. The van der Waals surface area contributed by atoms with Gasteiger partial charge in [0.15, 0.2) is 13.2 Å². The van der Waals surface area contributed by atoms with Crippen LogP contribution >= 0.6 is 0 Å². The summed E-state index contributed by atoms with van der Waals surface area (Å²) in [4.78, 5) is 23.5. The molecule has 0 saturated carbocycles. The summed E-state index contributed by atoms with van der Waals surface area (Å²) >= 11 is 0. The standard InChI is InChI=1S/C19H17N3O5/c1-13-7-5-6-10-15(13)25-12-17(24)26-11-16(23)20-19-22-21-18(27-19)14-8-3-2-4-9-14/h2-10H,11-12H2,1H3,(H,20,22,23). The molecule has 3 rings (SSSR count). The largest absolute Gasteiger partial charge is 0.482 e. The van der Waals surface area contributed by atoms with Crippen LogP contribution in [0.4, 0.5) is 6.01 Å². The van der Waals surface area contributed by atoms with Gasteiger partial charge >= 0.3 is 12.0 Å². The van der Waals surface area contributed by atoms with E-state index in [1.165, 1.54) is 0 Å². The number of hydrogen-bond acceptors (Lipinski definition) is 7. The monoisotopic (exact) mass is 367 g/mol. The predicted octanol–water partition coefficient (Wildman–Crippen LogP) is 2.61. The van der Waals surface area contributed by atoms with Crippen molar-refractivity contribution in [2.75, 3.05) is 18.5 Å². The predicted molar refractivity (Wildman–Crippen MR) is 96.0 cm³/mol. The van der Waals surface area contributed by atoms with E-state index in [1.807, 2.05) is 37.3 Å². The molecule has 0 fully saturated rings. The minimum atomic E-state index is -0.663. The lowest BCUT2D eigenvalue weighted by Crippen LogP contribution is -2.23. The van der Waals surface area contributed by atoms with E-state index >= 15 is 0 Å². The second kappa shape index (κ2) is 8.61. The maximum Gasteiger partial charge on any atom is 0.344 e. The number of nitrogens with zero attached hydrogens (tertiary/aromatic N) is 2. The van der Waals surface area contributed by atoms with E-state index in [0.29, 0.717) is 5.75 Å². The molecule has 0 radical (unpaired) electrons. The molecule has 0 aliphatic heterocycles. The Labute approximate surface area is 155 Å². The number of nitrogens with one attached hydrogen (secondary N) is 1. The van der Waals surface area contributed by atoms with Crippen molar-refractivity contribution < 1.29 is 23.5 Å². The molecule has 0 spiro atoms. The Morgan fingerprint density at radius 1 is 1.00 bits per heavy atom. The average molecular weight is 367 g/mol. The number of esters is 1. The van der Waals surface area contributed by atoms with E-state index in [-0.39, 0.29) is 18.5 Å². The van der Waals surface area contributed by atoms with Crippen molar-refractivity contribution in [2.24, 2.45) is 0 Å². The summed E-state index contributed by atoms with van der Waals surface area (Å²) in [6, 6.07) is 16.3. The molecule has 0 atom stereocenters. The first-order valence-electron chi connectivity index (χ1n) is 8.14. The van der Waals surface area contributed by atoms with E-state index < -0.39 is 18.5 Å². The summed E-state index contributed by atoms with van der Waals surface area (Å²) in [5.41, 5.74) is 1.62. The lowest BCUT2D eigenvalue weighted by atomic mass is 10.2. The molecule has 8 heteroatoms. The normalized spacial score (nSPS) is 10.3. The third-order valence-electron chi connectivity index (χ3n) is 3.50. The van der Waals surface area contributed by atoms with Gasteiger partial charge in [-0.2, -0.15) is 0 Å². The second-order valence-electron chi connectivity index (χ2n) is 5.54. The Kier molecular flexibility index (Phi) is 5.78. The molecular formula is C19H17N3O5. The van der Waals surface area contributed by atoms with Crippen molar-refractivity contribution in [1.29, 1.82) is 0 Å². The van der Waals surface area contributed by atoms with Crippen LogP contribution in [-0.2, 0) is 14.3 Å². The first kappa shape index (κ1) is 18.1. The molecule has 2 aromatic carbocycles. The lowest BCUT2D eigenvalue weighted by molar-refractivity contribution is -0.149. The van der Waals surface area contributed by atoms with Crippen molar-refractivity contribution in [3.8, 4) is 17.2 Å². The van der Waals surface area contributed by atoms with E-state index in [2.05, 4.69) is 15.5 Å². The van der Waals surface area contributed by atoms with Crippen molar-refractivity contribution >= 4 is 17.9 Å². The van der Waals surface area contributed by atoms with Gasteiger partial charge in [0.1, 0.15) is 5.75 Å². The molecular weight excluding hydrogens is 350 g/mol. The molecule has 0 unspecified atom stereocenters. The highest BCUT2D eigenvalue weighted by atomic mass is 16.6. The highest BCUT2D eigenvalue weighted by Crippen LogP contribution is 2.19. The number of amides is 1. The highest BCUT2D eigenvalue weighted by Gasteiger charge is 2.13. The van der Waals surface area contributed by atoms with Gasteiger partial charge in [0.2, 0.25) is 5.89 Å². The molecule has 3 aromatic rings. The second-order valence-corrected chi connectivity index (χ2v) is 5.54. The van der Waals surface area contributed by atoms with Crippen LogP contribution in [0.1, 0.15) is 5.56 Å². The summed E-state index contributed by atoms with van der Waals surface area (Å²) in [5, 5.41) is 9.95. The highest BCUT2D eigenvalue weighted by molar-refractivity contribution is 5.91. The summed E-state index contributed by atoms with van der Waals surface area (Å²) in [7, 11) is 0. The van der Waals surface area contributed by atoms with E-state index in [1.54, 1.807) is 24.3 Å². The zero-order valence-corrected chi connectivity index (χ0v) is 14.5. The third-order valence-corrected chi connectivity index (χ3v) is 3.50. The van der Waals surface area contributed by atoms with E-state index in [0.717, 1.165) is 11.1 Å². The van der Waals surface area contributed by atoms with Crippen LogP contribution in [0.25, 0.3) is 11.5 Å². The third kappa shape index (κ3) is 5.15. The zero-order valence-electron chi connectivity index (χ0n) is 14.5. The number of anilines is 1.